The number of hydrogen-bond donors (Lipinski definition) is 1. The van der Waals surface area contributed by atoms with Gasteiger partial charge in [-0.2, -0.15) is 0 Å². The molecule has 0 spiro atoms. The third-order valence-corrected chi connectivity index (χ3v) is 4.04. The number of methoxy groups -OCH3 is 1. The molecule has 0 heterocycles. The molecule has 0 amide bonds. The van der Waals surface area contributed by atoms with E-state index < -0.39 is 0 Å². The molecule has 1 unspecified atom stereocenters. The molecule has 0 fully saturated rings. The lowest BCUT2D eigenvalue weighted by atomic mass is 10.0. The van der Waals surface area contributed by atoms with Gasteiger partial charge in [0.2, 0.25) is 0 Å². The van der Waals surface area contributed by atoms with Crippen LogP contribution in [0.1, 0.15) is 39.2 Å². The molecule has 0 saturated heterocycles. The van der Waals surface area contributed by atoms with Gasteiger partial charge in [0.05, 0.1) is 12.2 Å². The fourth-order valence-electron chi connectivity index (χ4n) is 1.78. The summed E-state index contributed by atoms with van der Waals surface area (Å²) in [5.41, 5.74) is 7.05. The summed E-state index contributed by atoms with van der Waals surface area (Å²) in [6, 6.07) is 6.26. The van der Waals surface area contributed by atoms with E-state index in [1.165, 1.54) is 0 Å². The summed E-state index contributed by atoms with van der Waals surface area (Å²) in [5, 5.41) is 0. The Morgan fingerprint density at radius 3 is 2.65 bits per heavy atom. The van der Waals surface area contributed by atoms with E-state index in [0.717, 1.165) is 35.0 Å². The van der Waals surface area contributed by atoms with E-state index in [1.54, 1.807) is 7.11 Å². The van der Waals surface area contributed by atoms with Gasteiger partial charge in [0.1, 0.15) is 5.75 Å². The molecule has 0 radical (unpaired) electrons. The lowest BCUT2D eigenvalue weighted by molar-refractivity contribution is 0.00537. The molecule has 2 N–H and O–H groups in total. The van der Waals surface area contributed by atoms with Gasteiger partial charge in [-0.15, -0.1) is 0 Å². The van der Waals surface area contributed by atoms with Crippen molar-refractivity contribution in [3.63, 3.8) is 0 Å². The highest BCUT2D eigenvalue weighted by molar-refractivity contribution is 9.10. The van der Waals surface area contributed by atoms with Crippen LogP contribution in [0.3, 0.4) is 0 Å². The topological polar surface area (TPSA) is 44.5 Å². The van der Waals surface area contributed by atoms with Crippen molar-refractivity contribution >= 4 is 15.9 Å². The average molecular weight is 344 g/mol. The summed E-state index contributed by atoms with van der Waals surface area (Å²) in [5.74, 6) is 0.920. The minimum absolute atomic E-state index is 0.157. The van der Waals surface area contributed by atoms with E-state index in [1.807, 2.05) is 12.1 Å². The number of ether oxygens (including phenoxy) is 2. The Kier molecular flexibility index (Phi) is 7.00. The Bertz CT molecular complexity index is 421. The zero-order chi connectivity index (χ0) is 15.2. The van der Waals surface area contributed by atoms with Crippen LogP contribution in [0.25, 0.3) is 0 Å². The Hall–Kier alpha value is -0.580. The van der Waals surface area contributed by atoms with Crippen molar-refractivity contribution < 1.29 is 9.47 Å². The molecule has 20 heavy (non-hydrogen) atoms. The van der Waals surface area contributed by atoms with E-state index in [0.29, 0.717) is 6.61 Å². The van der Waals surface area contributed by atoms with Crippen molar-refractivity contribution in [1.82, 2.24) is 0 Å². The molecule has 0 saturated carbocycles. The van der Waals surface area contributed by atoms with Gasteiger partial charge in [0.25, 0.3) is 0 Å². The quantitative estimate of drug-likeness (QED) is 0.777. The van der Waals surface area contributed by atoms with Crippen LogP contribution in [-0.2, 0) is 11.2 Å². The van der Waals surface area contributed by atoms with E-state index >= 15 is 0 Å². The summed E-state index contributed by atoms with van der Waals surface area (Å²) < 4.78 is 12.4. The number of rotatable bonds is 8. The van der Waals surface area contributed by atoms with Gasteiger partial charge in [-0.3, -0.25) is 0 Å². The molecule has 0 aromatic heterocycles. The third kappa shape index (κ3) is 5.81. The van der Waals surface area contributed by atoms with Crippen LogP contribution in [0.5, 0.6) is 5.75 Å². The predicted octanol–water partition coefficient (Wildman–Crippen LogP) is 3.92. The zero-order valence-electron chi connectivity index (χ0n) is 12.9. The molecule has 0 aliphatic carbocycles. The Morgan fingerprint density at radius 2 is 2.05 bits per heavy atom. The van der Waals surface area contributed by atoms with Gasteiger partial charge in [-0.25, -0.2) is 0 Å². The minimum atomic E-state index is -0.157. The summed E-state index contributed by atoms with van der Waals surface area (Å²) >= 11 is 3.50. The molecular weight excluding hydrogens is 318 g/mol. The molecule has 0 aliphatic heterocycles. The molecule has 1 rings (SSSR count). The Morgan fingerprint density at radius 1 is 1.35 bits per heavy atom. The zero-order valence-corrected chi connectivity index (χ0v) is 14.5. The second-order valence-corrected chi connectivity index (χ2v) is 6.60. The number of halogens is 1. The fourth-order valence-corrected chi connectivity index (χ4v) is 2.19. The summed E-state index contributed by atoms with van der Waals surface area (Å²) in [4.78, 5) is 0. The van der Waals surface area contributed by atoms with E-state index in [4.69, 9.17) is 15.2 Å². The van der Waals surface area contributed by atoms with Gasteiger partial charge in [0.15, 0.2) is 0 Å². The SMILES string of the molecule is CCC(N)Cc1cc(Br)ccc1OCCC(C)(C)OC. The highest BCUT2D eigenvalue weighted by Gasteiger charge is 2.16. The van der Waals surface area contributed by atoms with Crippen molar-refractivity contribution in [2.45, 2.75) is 51.7 Å². The maximum absolute atomic E-state index is 6.05. The molecule has 1 aromatic carbocycles. The van der Waals surface area contributed by atoms with Crippen molar-refractivity contribution in [2.24, 2.45) is 5.73 Å². The van der Waals surface area contributed by atoms with Crippen molar-refractivity contribution in [3.05, 3.63) is 28.2 Å². The van der Waals surface area contributed by atoms with Crippen molar-refractivity contribution in [2.75, 3.05) is 13.7 Å². The molecular formula is C16H26BrNO2. The maximum atomic E-state index is 6.05. The van der Waals surface area contributed by atoms with E-state index in [-0.39, 0.29) is 11.6 Å². The molecule has 0 bridgehead atoms. The Balaban J connectivity index is 2.69. The van der Waals surface area contributed by atoms with Crippen LogP contribution >= 0.6 is 15.9 Å². The first-order valence-electron chi connectivity index (χ1n) is 7.10. The number of hydrogen-bond acceptors (Lipinski definition) is 3. The highest BCUT2D eigenvalue weighted by Crippen LogP contribution is 2.25. The Labute approximate surface area is 131 Å². The number of benzene rings is 1. The fraction of sp³-hybridized carbons (Fsp3) is 0.625. The van der Waals surface area contributed by atoms with Crippen molar-refractivity contribution in [1.29, 1.82) is 0 Å². The third-order valence-electron chi connectivity index (χ3n) is 3.54. The number of nitrogens with two attached hydrogens (primary N) is 1. The first-order chi connectivity index (χ1) is 9.38. The highest BCUT2D eigenvalue weighted by atomic mass is 79.9. The predicted molar refractivity (Wildman–Crippen MR) is 87.3 cm³/mol. The van der Waals surface area contributed by atoms with Crippen LogP contribution in [0, 0.1) is 0 Å². The molecule has 1 aromatic rings. The second kappa shape index (κ2) is 8.01. The first kappa shape index (κ1) is 17.5. The van der Waals surface area contributed by atoms with Gasteiger partial charge < -0.3 is 15.2 Å². The van der Waals surface area contributed by atoms with Crippen LogP contribution in [-0.4, -0.2) is 25.4 Å². The molecule has 3 nitrogen and oxygen atoms in total. The summed E-state index contributed by atoms with van der Waals surface area (Å²) in [6.45, 7) is 6.86. The van der Waals surface area contributed by atoms with Crippen LogP contribution in [0.4, 0.5) is 0 Å². The summed E-state index contributed by atoms with van der Waals surface area (Å²) in [7, 11) is 1.73. The van der Waals surface area contributed by atoms with Crippen LogP contribution < -0.4 is 10.5 Å². The largest absolute Gasteiger partial charge is 0.493 e. The monoisotopic (exact) mass is 343 g/mol. The van der Waals surface area contributed by atoms with Crippen molar-refractivity contribution in [3.8, 4) is 5.75 Å². The van der Waals surface area contributed by atoms with Gasteiger partial charge in [0, 0.05) is 24.0 Å². The molecule has 0 aliphatic rings. The normalized spacial score (nSPS) is 13.3. The standard InChI is InChI=1S/C16H26BrNO2/c1-5-14(18)11-12-10-13(17)6-7-15(12)20-9-8-16(2,3)19-4/h6-7,10,14H,5,8-9,11,18H2,1-4H3. The lowest BCUT2D eigenvalue weighted by Gasteiger charge is -2.23. The van der Waals surface area contributed by atoms with Crippen LogP contribution in [0.15, 0.2) is 22.7 Å². The first-order valence-corrected chi connectivity index (χ1v) is 7.89. The average Bonchev–Trinajstić information content (AvgIpc) is 2.41. The van der Waals surface area contributed by atoms with Crippen LogP contribution in [0.2, 0.25) is 0 Å². The van der Waals surface area contributed by atoms with E-state index in [9.17, 15) is 0 Å². The maximum Gasteiger partial charge on any atom is 0.122 e. The van der Waals surface area contributed by atoms with E-state index in [2.05, 4.69) is 42.8 Å². The van der Waals surface area contributed by atoms with Gasteiger partial charge in [-0.1, -0.05) is 22.9 Å². The molecule has 1 atom stereocenters. The van der Waals surface area contributed by atoms with Gasteiger partial charge >= 0.3 is 0 Å². The minimum Gasteiger partial charge on any atom is -0.493 e. The summed E-state index contributed by atoms with van der Waals surface area (Å²) in [6.07, 6.45) is 2.64. The lowest BCUT2D eigenvalue weighted by Crippen LogP contribution is -2.25. The molecule has 114 valence electrons. The second-order valence-electron chi connectivity index (χ2n) is 5.69. The smallest absolute Gasteiger partial charge is 0.122 e. The van der Waals surface area contributed by atoms with Gasteiger partial charge in [-0.05, 0) is 50.5 Å². The molecule has 4 heteroatoms.